The molecule has 0 atom stereocenters. The highest BCUT2D eigenvalue weighted by molar-refractivity contribution is 5.40. The molecule has 0 amide bonds. The Morgan fingerprint density at radius 2 is 0.568 bits per heavy atom. The molecule has 0 aliphatic heterocycles. The van der Waals surface area contributed by atoms with Gasteiger partial charge in [0.05, 0.1) is 0 Å². The first kappa shape index (κ1) is 43.6. The van der Waals surface area contributed by atoms with Crippen LogP contribution in [0.2, 0.25) is 0 Å². The molecule has 2 aromatic heterocycles. The zero-order valence-electron chi connectivity index (χ0n) is 30.7. The topological polar surface area (TPSA) is 25.8 Å². The Kier molecular flexibility index (Phi) is 19.0. The molecular weight excluding hydrogens is 532 g/mol. The van der Waals surface area contributed by atoms with Crippen molar-refractivity contribution in [2.45, 2.75) is 175 Å². The molecule has 0 fully saturated rings. The van der Waals surface area contributed by atoms with Crippen LogP contribution >= 0.6 is 0 Å². The van der Waals surface area contributed by atoms with Crippen molar-refractivity contribution < 1.29 is 0 Å². The molecule has 0 aliphatic rings. The summed E-state index contributed by atoms with van der Waals surface area (Å²) < 4.78 is 0. The maximum absolute atomic E-state index is 4.69. The number of hydrogen-bond acceptors (Lipinski definition) is 2. The van der Waals surface area contributed by atoms with Crippen molar-refractivity contribution in [1.29, 1.82) is 0 Å². The van der Waals surface area contributed by atoms with Crippen molar-refractivity contribution in [2.24, 2.45) is 0 Å². The van der Waals surface area contributed by atoms with E-state index in [4.69, 9.17) is 9.97 Å². The van der Waals surface area contributed by atoms with Gasteiger partial charge in [-0.3, -0.25) is 9.97 Å². The predicted molar refractivity (Wildman–Crippen MR) is 201 cm³/mol. The Morgan fingerprint density at radius 1 is 0.341 bits per heavy atom. The van der Waals surface area contributed by atoms with Crippen LogP contribution in [0.4, 0.5) is 0 Å². The Balaban J connectivity index is 0. The molecule has 1 aromatic carbocycles. The fourth-order valence-electron chi connectivity index (χ4n) is 5.20. The van der Waals surface area contributed by atoms with E-state index in [1.165, 1.54) is 55.9 Å². The van der Waals surface area contributed by atoms with Gasteiger partial charge in [0.2, 0.25) is 0 Å². The minimum absolute atomic E-state index is 0. The molecule has 250 valence electrons. The summed E-state index contributed by atoms with van der Waals surface area (Å²) in [6.45, 7) is 39.7. The molecule has 2 heterocycles. The number of hydrogen-bond donors (Lipinski definition) is 0. The van der Waals surface area contributed by atoms with Gasteiger partial charge in [-0.25, -0.2) is 0 Å². The molecule has 0 radical (unpaired) electrons. The second-order valence-corrected chi connectivity index (χ2v) is 14.2. The zero-order valence-corrected chi connectivity index (χ0v) is 30.7. The fourth-order valence-corrected chi connectivity index (χ4v) is 5.20. The maximum atomic E-state index is 4.69. The first-order valence-electron chi connectivity index (χ1n) is 16.4. The number of rotatable bonds is 6. The lowest BCUT2D eigenvalue weighted by atomic mass is 9.87. The SMILES string of the molecule is C.C.Cc1cc(C(C)C)c(C(C)C)cc1C.Cc1cc(C(C)C)c(C(C)C)nc1C.Cc1cc(C(C)C)c(C(C)C)nc1C. The summed E-state index contributed by atoms with van der Waals surface area (Å²) in [5.74, 6) is 3.44. The van der Waals surface area contributed by atoms with Crippen LogP contribution in [-0.4, -0.2) is 9.97 Å². The molecule has 0 saturated heterocycles. The molecular formula is C42H72N2. The van der Waals surface area contributed by atoms with Crippen LogP contribution in [0.5, 0.6) is 0 Å². The Labute approximate surface area is 275 Å². The Hall–Kier alpha value is -2.48. The molecule has 0 saturated carbocycles. The van der Waals surface area contributed by atoms with E-state index >= 15 is 0 Å². The number of aromatic nitrogens is 2. The Morgan fingerprint density at radius 3 is 0.773 bits per heavy atom. The molecule has 44 heavy (non-hydrogen) atoms. The van der Waals surface area contributed by atoms with Crippen molar-refractivity contribution in [3.63, 3.8) is 0 Å². The second-order valence-electron chi connectivity index (χ2n) is 14.2. The standard InChI is InChI=1S/C14H22.2C13H21N.2CH4/c1-9(2)13-7-11(5)12(6)8-14(13)10(3)4;2*1-8(2)12-7-10(5)11(6)14-13(12)9(3)4;;/h7-10H,1-6H3;2*7-9H,1-6H3;2*1H4. The van der Waals surface area contributed by atoms with Gasteiger partial charge in [-0.05, 0) is 122 Å². The lowest BCUT2D eigenvalue weighted by molar-refractivity contribution is 0.749. The van der Waals surface area contributed by atoms with Crippen LogP contribution in [0.1, 0.15) is 201 Å². The fraction of sp³-hybridized carbons (Fsp3) is 0.619. The lowest BCUT2D eigenvalue weighted by Gasteiger charge is -2.18. The van der Waals surface area contributed by atoms with E-state index in [0.717, 1.165) is 11.4 Å². The van der Waals surface area contributed by atoms with Gasteiger partial charge in [0, 0.05) is 22.8 Å². The molecule has 3 rings (SSSR count). The van der Waals surface area contributed by atoms with Gasteiger partial charge in [0.25, 0.3) is 0 Å². The van der Waals surface area contributed by atoms with Crippen molar-refractivity contribution in [3.8, 4) is 0 Å². The van der Waals surface area contributed by atoms with E-state index < -0.39 is 0 Å². The lowest BCUT2D eigenvalue weighted by Crippen LogP contribution is -2.04. The summed E-state index contributed by atoms with van der Waals surface area (Å²) >= 11 is 0. The molecule has 0 bridgehead atoms. The molecule has 3 aromatic rings. The first-order chi connectivity index (χ1) is 19.3. The summed E-state index contributed by atoms with van der Waals surface area (Å²) in [4.78, 5) is 9.39. The van der Waals surface area contributed by atoms with Crippen LogP contribution in [0.15, 0.2) is 24.3 Å². The largest absolute Gasteiger partial charge is 0.257 e. The molecule has 0 N–H and O–H groups in total. The van der Waals surface area contributed by atoms with E-state index in [0.29, 0.717) is 35.5 Å². The van der Waals surface area contributed by atoms with Crippen molar-refractivity contribution in [3.05, 3.63) is 91.5 Å². The molecule has 0 spiro atoms. The quantitative estimate of drug-likeness (QED) is 0.280. The van der Waals surface area contributed by atoms with Gasteiger partial charge >= 0.3 is 0 Å². The Bertz CT molecular complexity index is 1030. The number of nitrogens with zero attached hydrogens (tertiary/aromatic N) is 2. The summed E-state index contributed by atoms with van der Waals surface area (Å²) in [6.07, 6.45) is 0. The van der Waals surface area contributed by atoms with Gasteiger partial charge in [0.15, 0.2) is 0 Å². The minimum Gasteiger partial charge on any atom is -0.257 e. The smallest absolute Gasteiger partial charge is 0.0466 e. The minimum atomic E-state index is 0. The normalized spacial score (nSPS) is 10.9. The summed E-state index contributed by atoms with van der Waals surface area (Å²) in [5, 5.41) is 0. The highest BCUT2D eigenvalue weighted by Crippen LogP contribution is 2.29. The molecule has 2 heteroatoms. The van der Waals surface area contributed by atoms with Crippen molar-refractivity contribution in [2.75, 3.05) is 0 Å². The van der Waals surface area contributed by atoms with E-state index in [-0.39, 0.29) is 14.9 Å². The van der Waals surface area contributed by atoms with E-state index in [9.17, 15) is 0 Å². The van der Waals surface area contributed by atoms with E-state index in [1.54, 1.807) is 0 Å². The van der Waals surface area contributed by atoms with Gasteiger partial charge in [-0.2, -0.15) is 0 Å². The third kappa shape index (κ3) is 12.1. The van der Waals surface area contributed by atoms with E-state index in [2.05, 4.69) is 149 Å². The highest BCUT2D eigenvalue weighted by Gasteiger charge is 2.14. The van der Waals surface area contributed by atoms with Crippen molar-refractivity contribution in [1.82, 2.24) is 9.97 Å². The summed E-state index contributed by atoms with van der Waals surface area (Å²) in [7, 11) is 0. The van der Waals surface area contributed by atoms with Gasteiger partial charge in [-0.15, -0.1) is 0 Å². The van der Waals surface area contributed by atoms with Gasteiger partial charge in [-0.1, -0.05) is 122 Å². The zero-order chi connectivity index (χ0) is 32.6. The molecule has 2 nitrogen and oxygen atoms in total. The van der Waals surface area contributed by atoms with Crippen molar-refractivity contribution >= 4 is 0 Å². The molecule has 0 unspecified atom stereocenters. The maximum Gasteiger partial charge on any atom is 0.0466 e. The third-order valence-corrected chi connectivity index (χ3v) is 8.33. The van der Waals surface area contributed by atoms with Crippen LogP contribution in [0.3, 0.4) is 0 Å². The first-order valence-corrected chi connectivity index (χ1v) is 16.4. The van der Waals surface area contributed by atoms with Crippen LogP contribution in [0, 0.1) is 41.5 Å². The van der Waals surface area contributed by atoms with Crippen LogP contribution in [0.25, 0.3) is 0 Å². The van der Waals surface area contributed by atoms with Crippen LogP contribution in [-0.2, 0) is 0 Å². The monoisotopic (exact) mass is 605 g/mol. The summed E-state index contributed by atoms with van der Waals surface area (Å²) in [6, 6.07) is 9.30. The van der Waals surface area contributed by atoms with Gasteiger partial charge < -0.3 is 0 Å². The number of benzene rings is 1. The molecule has 0 aliphatic carbocycles. The number of aryl methyl sites for hydroxylation is 6. The predicted octanol–water partition coefficient (Wildman–Crippen LogP) is 13.7. The average Bonchev–Trinajstić information content (AvgIpc) is 2.88. The second kappa shape index (κ2) is 19.1. The highest BCUT2D eigenvalue weighted by atomic mass is 14.7. The number of pyridine rings is 2. The van der Waals surface area contributed by atoms with E-state index in [1.807, 2.05) is 0 Å². The van der Waals surface area contributed by atoms with Gasteiger partial charge in [0.1, 0.15) is 0 Å². The average molecular weight is 605 g/mol. The summed E-state index contributed by atoms with van der Waals surface area (Å²) in [5.41, 5.74) is 16.1. The third-order valence-electron chi connectivity index (χ3n) is 8.33. The van der Waals surface area contributed by atoms with Crippen LogP contribution < -0.4 is 0 Å².